The zero-order valence-electron chi connectivity index (χ0n) is 17.9. The van der Waals surface area contributed by atoms with Crippen LogP contribution in [0.2, 0.25) is 0 Å². The summed E-state index contributed by atoms with van der Waals surface area (Å²) in [5, 5.41) is 0. The van der Waals surface area contributed by atoms with Crippen LogP contribution in [0.1, 0.15) is 24.5 Å². The van der Waals surface area contributed by atoms with Crippen LogP contribution in [0.5, 0.6) is 5.75 Å². The number of nitrogens with zero attached hydrogens (tertiary/aromatic N) is 3. The third-order valence-corrected chi connectivity index (χ3v) is 5.99. The maximum atomic E-state index is 13.1. The van der Waals surface area contributed by atoms with Gasteiger partial charge in [-0.25, -0.2) is 4.90 Å². The number of benzene rings is 2. The highest BCUT2D eigenvalue weighted by Gasteiger charge is 2.43. The van der Waals surface area contributed by atoms with Crippen LogP contribution in [-0.4, -0.2) is 55.5 Å². The molecule has 2 aromatic rings. The molecule has 2 saturated heterocycles. The number of imide groups is 1. The van der Waals surface area contributed by atoms with Gasteiger partial charge in [-0.1, -0.05) is 12.1 Å². The highest BCUT2D eigenvalue weighted by Crippen LogP contribution is 2.29. The molecule has 0 aromatic heterocycles. The first-order chi connectivity index (χ1) is 14.5. The Morgan fingerprint density at radius 2 is 1.67 bits per heavy atom. The minimum absolute atomic E-state index is 0.121. The lowest BCUT2D eigenvalue weighted by Crippen LogP contribution is -2.52. The summed E-state index contributed by atoms with van der Waals surface area (Å²) in [6, 6.07) is 13.3. The average Bonchev–Trinajstić information content (AvgIpc) is 3.05. The van der Waals surface area contributed by atoms with Gasteiger partial charge in [0.05, 0.1) is 24.8 Å². The smallest absolute Gasteiger partial charge is 0.251 e. The first kappa shape index (κ1) is 20.4. The summed E-state index contributed by atoms with van der Waals surface area (Å²) < 4.78 is 5.45. The molecule has 0 spiro atoms. The molecule has 4 rings (SSSR count). The third kappa shape index (κ3) is 3.92. The molecule has 2 aliphatic rings. The van der Waals surface area contributed by atoms with Gasteiger partial charge in [0, 0.05) is 31.9 Å². The monoisotopic (exact) mass is 407 g/mol. The van der Waals surface area contributed by atoms with Gasteiger partial charge in [-0.05, 0) is 62.2 Å². The van der Waals surface area contributed by atoms with E-state index in [4.69, 9.17) is 4.74 Å². The molecule has 0 aliphatic carbocycles. The molecule has 6 heteroatoms. The van der Waals surface area contributed by atoms with Crippen LogP contribution in [0.4, 0.5) is 11.4 Å². The van der Waals surface area contributed by atoms with E-state index >= 15 is 0 Å². The molecule has 2 heterocycles. The van der Waals surface area contributed by atoms with Gasteiger partial charge >= 0.3 is 0 Å². The molecule has 158 valence electrons. The predicted octanol–water partition coefficient (Wildman–Crippen LogP) is 3.16. The molecule has 0 radical (unpaired) electrons. The molecule has 0 N–H and O–H groups in total. The molecule has 2 fully saturated rings. The van der Waals surface area contributed by atoms with Crippen molar-refractivity contribution in [2.24, 2.45) is 0 Å². The van der Waals surface area contributed by atoms with Crippen LogP contribution < -0.4 is 14.5 Å². The highest BCUT2D eigenvalue weighted by molar-refractivity contribution is 6.22. The van der Waals surface area contributed by atoms with Crippen molar-refractivity contribution in [3.63, 3.8) is 0 Å². The number of piperazine rings is 1. The Balaban J connectivity index is 1.43. The fourth-order valence-electron chi connectivity index (χ4n) is 4.37. The number of carbonyl (C=O) groups excluding carboxylic acids is 2. The normalized spacial score (nSPS) is 20.2. The summed E-state index contributed by atoms with van der Waals surface area (Å²) in [5.74, 6) is 0.481. The third-order valence-electron chi connectivity index (χ3n) is 5.99. The van der Waals surface area contributed by atoms with Crippen molar-refractivity contribution in [1.82, 2.24) is 4.90 Å². The summed E-state index contributed by atoms with van der Waals surface area (Å²) in [4.78, 5) is 31.6. The molecule has 2 aliphatic heterocycles. The topological polar surface area (TPSA) is 53.1 Å². The number of rotatable bonds is 5. The van der Waals surface area contributed by atoms with Crippen molar-refractivity contribution < 1.29 is 14.3 Å². The van der Waals surface area contributed by atoms with E-state index in [2.05, 4.69) is 41.8 Å². The second kappa shape index (κ2) is 8.48. The van der Waals surface area contributed by atoms with Crippen LogP contribution in [-0.2, 0) is 9.59 Å². The van der Waals surface area contributed by atoms with Gasteiger partial charge < -0.3 is 9.64 Å². The number of hydrogen-bond donors (Lipinski definition) is 0. The van der Waals surface area contributed by atoms with E-state index in [1.165, 1.54) is 21.7 Å². The summed E-state index contributed by atoms with van der Waals surface area (Å²) in [7, 11) is 0. The Morgan fingerprint density at radius 3 is 2.33 bits per heavy atom. The zero-order chi connectivity index (χ0) is 21.3. The van der Waals surface area contributed by atoms with E-state index in [1.54, 1.807) is 24.3 Å². The van der Waals surface area contributed by atoms with Crippen molar-refractivity contribution in [2.45, 2.75) is 33.2 Å². The molecular weight excluding hydrogens is 378 g/mol. The molecule has 1 atom stereocenters. The van der Waals surface area contributed by atoms with Crippen LogP contribution in [0.15, 0.2) is 42.5 Å². The summed E-state index contributed by atoms with van der Waals surface area (Å²) in [6.45, 7) is 9.99. The first-order valence-corrected chi connectivity index (χ1v) is 10.6. The van der Waals surface area contributed by atoms with E-state index in [0.29, 0.717) is 12.3 Å². The van der Waals surface area contributed by atoms with E-state index in [-0.39, 0.29) is 24.3 Å². The Bertz CT molecular complexity index is 933. The van der Waals surface area contributed by atoms with Crippen molar-refractivity contribution in [1.29, 1.82) is 0 Å². The van der Waals surface area contributed by atoms with Crippen LogP contribution in [0.3, 0.4) is 0 Å². The van der Waals surface area contributed by atoms with E-state index in [0.717, 1.165) is 31.9 Å². The van der Waals surface area contributed by atoms with E-state index in [9.17, 15) is 9.59 Å². The second-order valence-electron chi connectivity index (χ2n) is 8.03. The van der Waals surface area contributed by atoms with Gasteiger partial charge in [0.25, 0.3) is 5.91 Å². The zero-order valence-corrected chi connectivity index (χ0v) is 17.9. The van der Waals surface area contributed by atoms with Crippen molar-refractivity contribution in [3.8, 4) is 5.75 Å². The average molecular weight is 408 g/mol. The molecule has 30 heavy (non-hydrogen) atoms. The van der Waals surface area contributed by atoms with Crippen LogP contribution in [0, 0.1) is 13.8 Å². The lowest BCUT2D eigenvalue weighted by Gasteiger charge is -2.38. The minimum atomic E-state index is -0.371. The highest BCUT2D eigenvalue weighted by atomic mass is 16.5. The summed E-state index contributed by atoms with van der Waals surface area (Å²) >= 11 is 0. The Labute approximate surface area is 178 Å². The lowest BCUT2D eigenvalue weighted by atomic mass is 10.1. The molecule has 0 saturated carbocycles. The van der Waals surface area contributed by atoms with Crippen molar-refractivity contribution in [3.05, 3.63) is 53.6 Å². The summed E-state index contributed by atoms with van der Waals surface area (Å²) in [6.07, 6.45) is 0.246. The minimum Gasteiger partial charge on any atom is -0.494 e. The fraction of sp³-hybridized carbons (Fsp3) is 0.417. The SMILES string of the molecule is CCOc1ccc(N2C(=O)CC(N3CCN(c4cc(C)ccc4C)CC3)C2=O)cc1. The molecule has 2 amide bonds. The van der Waals surface area contributed by atoms with Gasteiger partial charge in [-0.3, -0.25) is 14.5 Å². The molecule has 6 nitrogen and oxygen atoms in total. The number of hydrogen-bond acceptors (Lipinski definition) is 5. The second-order valence-corrected chi connectivity index (χ2v) is 8.03. The van der Waals surface area contributed by atoms with E-state index in [1.807, 2.05) is 6.92 Å². The predicted molar refractivity (Wildman–Crippen MR) is 118 cm³/mol. The fourth-order valence-corrected chi connectivity index (χ4v) is 4.37. The number of ether oxygens (including phenoxy) is 1. The van der Waals surface area contributed by atoms with Crippen molar-refractivity contribution in [2.75, 3.05) is 42.6 Å². The number of anilines is 2. The van der Waals surface area contributed by atoms with Gasteiger partial charge in [0.15, 0.2) is 0 Å². The van der Waals surface area contributed by atoms with Gasteiger partial charge in [0.1, 0.15) is 5.75 Å². The van der Waals surface area contributed by atoms with Gasteiger partial charge in [0.2, 0.25) is 5.91 Å². The Morgan fingerprint density at radius 1 is 0.967 bits per heavy atom. The molecule has 2 aromatic carbocycles. The Kier molecular flexibility index (Phi) is 5.77. The summed E-state index contributed by atoms with van der Waals surface area (Å²) in [5.41, 5.74) is 4.40. The lowest BCUT2D eigenvalue weighted by molar-refractivity contribution is -0.123. The van der Waals surface area contributed by atoms with Crippen molar-refractivity contribution >= 4 is 23.2 Å². The molecular formula is C24H29N3O3. The Hall–Kier alpha value is -2.86. The first-order valence-electron chi connectivity index (χ1n) is 10.6. The largest absolute Gasteiger partial charge is 0.494 e. The van der Waals surface area contributed by atoms with Crippen LogP contribution in [0.25, 0.3) is 0 Å². The quantitative estimate of drug-likeness (QED) is 0.713. The standard InChI is InChI=1S/C24H29N3O3/c1-4-30-20-9-7-19(8-10-20)27-23(28)16-22(24(27)29)26-13-11-25(12-14-26)21-15-17(2)5-6-18(21)3/h5-10,15,22H,4,11-14,16H2,1-3H3. The molecule has 0 bridgehead atoms. The van der Waals surface area contributed by atoms with Gasteiger partial charge in [-0.2, -0.15) is 0 Å². The molecule has 1 unspecified atom stereocenters. The van der Waals surface area contributed by atoms with Gasteiger partial charge in [-0.15, -0.1) is 0 Å². The number of aryl methyl sites for hydroxylation is 2. The maximum absolute atomic E-state index is 13.1. The van der Waals surface area contributed by atoms with Crippen LogP contribution >= 0.6 is 0 Å². The number of carbonyl (C=O) groups is 2. The number of amides is 2. The maximum Gasteiger partial charge on any atom is 0.251 e. The van der Waals surface area contributed by atoms with E-state index < -0.39 is 0 Å².